The van der Waals surface area contributed by atoms with Crippen molar-refractivity contribution in [2.45, 2.75) is 58.0 Å². The van der Waals surface area contributed by atoms with Crippen molar-refractivity contribution in [1.29, 1.82) is 0 Å². The van der Waals surface area contributed by atoms with Crippen molar-refractivity contribution in [2.75, 3.05) is 0 Å². The monoisotopic (exact) mass is 479 g/mol. The lowest BCUT2D eigenvalue weighted by Crippen LogP contribution is -2.37. The van der Waals surface area contributed by atoms with Gasteiger partial charge in [0.2, 0.25) is 5.91 Å². The molecule has 3 rings (SSSR count). The van der Waals surface area contributed by atoms with Crippen molar-refractivity contribution < 1.29 is 4.79 Å². The number of hydrogen-bond donors (Lipinski definition) is 2. The van der Waals surface area contributed by atoms with E-state index in [2.05, 4.69) is 29.7 Å². The average molecular weight is 481 g/mol. The second-order valence-corrected chi connectivity index (χ2v) is 9.20. The van der Waals surface area contributed by atoms with Gasteiger partial charge in [-0.15, -0.1) is 0 Å². The van der Waals surface area contributed by atoms with Crippen LogP contribution in [0.3, 0.4) is 0 Å². The topological polar surface area (TPSA) is 53.5 Å². The van der Waals surface area contributed by atoms with E-state index >= 15 is 0 Å². The summed E-state index contributed by atoms with van der Waals surface area (Å²) in [5.41, 5.74) is 5.92. The lowest BCUT2D eigenvalue weighted by atomic mass is 9.93. The summed E-state index contributed by atoms with van der Waals surface area (Å²) < 4.78 is 0. The van der Waals surface area contributed by atoms with Crippen LogP contribution in [-0.4, -0.2) is 11.6 Å². The number of hydrazone groups is 1. The third-order valence-corrected chi connectivity index (χ3v) is 6.40. The third-order valence-electron chi connectivity index (χ3n) is 5.59. The first-order valence-electron chi connectivity index (χ1n) is 10.8. The van der Waals surface area contributed by atoms with Crippen LogP contribution in [0.4, 0.5) is 0 Å². The summed E-state index contributed by atoms with van der Waals surface area (Å²) in [6, 6.07) is 12.7. The molecule has 0 bridgehead atoms. The van der Waals surface area contributed by atoms with E-state index < -0.39 is 6.04 Å². The second-order valence-electron chi connectivity index (χ2n) is 7.92. The maximum atomic E-state index is 13.2. The van der Waals surface area contributed by atoms with Gasteiger partial charge in [-0.2, -0.15) is 5.10 Å². The number of nitrogens with one attached hydrogen (secondary N) is 2. The number of nitrogens with zero attached hydrogens (tertiary/aromatic N) is 1. The third kappa shape index (κ3) is 6.15. The highest BCUT2D eigenvalue weighted by Gasteiger charge is 2.31. The number of rotatable bonds is 9. The Kier molecular flexibility index (Phi) is 8.65. The number of amides is 1. The molecule has 0 fully saturated rings. The SMILES string of the molecule is CCCC(CCC)C(=O)NC(C1=NNC(c2ccc(Cl)cc2)C1)c1ccc(Cl)cc1Cl. The summed E-state index contributed by atoms with van der Waals surface area (Å²) in [6.07, 6.45) is 4.30. The number of carbonyl (C=O) groups excluding carboxylic acids is 1. The van der Waals surface area contributed by atoms with E-state index in [4.69, 9.17) is 34.8 Å². The molecular weight excluding hydrogens is 453 g/mol. The largest absolute Gasteiger partial charge is 0.344 e. The molecule has 2 N–H and O–H groups in total. The summed E-state index contributed by atoms with van der Waals surface area (Å²) in [5.74, 6) is 0.0166. The molecular formula is C24H28Cl3N3O. The number of carbonyl (C=O) groups is 1. The van der Waals surface area contributed by atoms with E-state index in [-0.39, 0.29) is 17.9 Å². The minimum absolute atomic E-state index is 0.0137. The minimum atomic E-state index is -0.418. The smallest absolute Gasteiger partial charge is 0.223 e. The van der Waals surface area contributed by atoms with Crippen molar-refractivity contribution in [3.63, 3.8) is 0 Å². The van der Waals surface area contributed by atoms with Gasteiger partial charge in [-0.05, 0) is 48.2 Å². The van der Waals surface area contributed by atoms with E-state index in [0.29, 0.717) is 21.5 Å². The van der Waals surface area contributed by atoms with Crippen LogP contribution in [-0.2, 0) is 4.79 Å². The molecule has 0 saturated carbocycles. The molecule has 7 heteroatoms. The second kappa shape index (κ2) is 11.2. The Balaban J connectivity index is 1.85. The fourth-order valence-corrected chi connectivity index (χ4v) is 4.61. The van der Waals surface area contributed by atoms with E-state index in [1.54, 1.807) is 12.1 Å². The van der Waals surface area contributed by atoms with Crippen LogP contribution >= 0.6 is 34.8 Å². The normalized spacial score (nSPS) is 16.7. The van der Waals surface area contributed by atoms with E-state index in [0.717, 1.165) is 42.5 Å². The Morgan fingerprint density at radius 1 is 1.06 bits per heavy atom. The Bertz CT molecular complexity index is 924. The number of halogens is 3. The molecule has 0 radical (unpaired) electrons. The number of benzene rings is 2. The highest BCUT2D eigenvalue weighted by atomic mass is 35.5. The molecule has 2 aromatic carbocycles. The molecule has 2 atom stereocenters. The van der Waals surface area contributed by atoms with Crippen LogP contribution in [0.15, 0.2) is 47.6 Å². The van der Waals surface area contributed by atoms with E-state index in [1.807, 2.05) is 30.3 Å². The zero-order valence-electron chi connectivity index (χ0n) is 17.8. The summed E-state index contributed by atoms with van der Waals surface area (Å²) in [4.78, 5) is 13.2. The maximum absolute atomic E-state index is 13.2. The summed E-state index contributed by atoms with van der Waals surface area (Å²) >= 11 is 18.7. The van der Waals surface area contributed by atoms with E-state index in [1.165, 1.54) is 0 Å². The van der Waals surface area contributed by atoms with Crippen LogP contribution in [0.5, 0.6) is 0 Å². The van der Waals surface area contributed by atoms with Gasteiger partial charge in [0.25, 0.3) is 0 Å². The van der Waals surface area contributed by atoms with Gasteiger partial charge in [0.05, 0.1) is 17.8 Å². The molecule has 2 unspecified atom stereocenters. The van der Waals surface area contributed by atoms with Gasteiger partial charge < -0.3 is 10.7 Å². The average Bonchev–Trinajstić information content (AvgIpc) is 3.22. The summed E-state index contributed by atoms with van der Waals surface area (Å²) in [6.45, 7) is 4.20. The van der Waals surface area contributed by atoms with Gasteiger partial charge in [0.15, 0.2) is 0 Å². The van der Waals surface area contributed by atoms with Crippen LogP contribution in [0.1, 0.15) is 69.2 Å². The quantitative estimate of drug-likeness (QED) is 0.402. The van der Waals surface area contributed by atoms with Gasteiger partial charge in [-0.3, -0.25) is 4.79 Å². The fraction of sp³-hybridized carbons (Fsp3) is 0.417. The molecule has 4 nitrogen and oxygen atoms in total. The Morgan fingerprint density at radius 3 is 2.32 bits per heavy atom. The Morgan fingerprint density at radius 2 is 1.71 bits per heavy atom. The zero-order valence-corrected chi connectivity index (χ0v) is 20.1. The Labute approximate surface area is 199 Å². The molecule has 0 aromatic heterocycles. The lowest BCUT2D eigenvalue weighted by Gasteiger charge is -2.24. The van der Waals surface area contributed by atoms with Gasteiger partial charge in [0.1, 0.15) is 0 Å². The molecule has 0 saturated heterocycles. The van der Waals surface area contributed by atoms with Crippen LogP contribution < -0.4 is 10.7 Å². The first-order chi connectivity index (χ1) is 14.9. The Hall–Kier alpha value is -1.75. The molecule has 1 heterocycles. The van der Waals surface area contributed by atoms with Crippen LogP contribution in [0.2, 0.25) is 15.1 Å². The molecule has 31 heavy (non-hydrogen) atoms. The minimum Gasteiger partial charge on any atom is -0.344 e. The van der Waals surface area contributed by atoms with Crippen molar-refractivity contribution in [1.82, 2.24) is 10.7 Å². The van der Waals surface area contributed by atoms with Crippen molar-refractivity contribution in [3.05, 3.63) is 68.7 Å². The molecule has 0 spiro atoms. The maximum Gasteiger partial charge on any atom is 0.223 e. The summed E-state index contributed by atoms with van der Waals surface area (Å²) in [7, 11) is 0. The molecule has 1 aliphatic rings. The molecule has 1 aliphatic heterocycles. The van der Waals surface area contributed by atoms with Crippen molar-refractivity contribution in [3.8, 4) is 0 Å². The van der Waals surface area contributed by atoms with Gasteiger partial charge in [0, 0.05) is 27.4 Å². The highest BCUT2D eigenvalue weighted by Crippen LogP contribution is 2.33. The molecule has 0 aliphatic carbocycles. The molecule has 2 aromatic rings. The molecule has 166 valence electrons. The fourth-order valence-electron chi connectivity index (χ4n) is 3.97. The molecule has 1 amide bonds. The standard InChI is InChI=1S/C24H28Cl3N3O/c1-3-5-16(6-4-2)24(31)28-23(19-12-11-18(26)13-20(19)27)22-14-21(29-30-22)15-7-9-17(25)10-8-15/h7-13,16,21,23,29H,3-6,14H2,1-2H3,(H,28,31). The predicted octanol–water partition coefficient (Wildman–Crippen LogP) is 7.11. The first-order valence-corrected chi connectivity index (χ1v) is 11.9. The highest BCUT2D eigenvalue weighted by molar-refractivity contribution is 6.35. The van der Waals surface area contributed by atoms with E-state index in [9.17, 15) is 4.79 Å². The van der Waals surface area contributed by atoms with Crippen molar-refractivity contribution in [2.24, 2.45) is 11.0 Å². The first kappa shape index (κ1) is 23.9. The lowest BCUT2D eigenvalue weighted by molar-refractivity contribution is -0.125. The van der Waals surface area contributed by atoms with Gasteiger partial charge in [-0.25, -0.2) is 0 Å². The van der Waals surface area contributed by atoms with Crippen molar-refractivity contribution >= 4 is 46.4 Å². The van der Waals surface area contributed by atoms with Gasteiger partial charge >= 0.3 is 0 Å². The summed E-state index contributed by atoms with van der Waals surface area (Å²) in [5, 5.41) is 9.58. The predicted molar refractivity (Wildman–Crippen MR) is 130 cm³/mol. The van der Waals surface area contributed by atoms with Gasteiger partial charge in [-0.1, -0.05) is 79.7 Å². The number of hydrogen-bond acceptors (Lipinski definition) is 3. The van der Waals surface area contributed by atoms with Crippen LogP contribution in [0.25, 0.3) is 0 Å². The van der Waals surface area contributed by atoms with Crippen LogP contribution in [0, 0.1) is 5.92 Å². The zero-order chi connectivity index (χ0) is 22.4.